The van der Waals surface area contributed by atoms with Gasteiger partial charge in [0.25, 0.3) is 0 Å². The third-order valence-electron chi connectivity index (χ3n) is 2.79. The fourth-order valence-electron chi connectivity index (χ4n) is 1.62. The van der Waals surface area contributed by atoms with Crippen LogP contribution in [0, 0.1) is 0 Å². The molecule has 0 saturated heterocycles. The van der Waals surface area contributed by atoms with Crippen LogP contribution in [0.25, 0.3) is 0 Å². The summed E-state index contributed by atoms with van der Waals surface area (Å²) in [6, 6.07) is 7.53. The first-order valence-corrected chi connectivity index (χ1v) is 6.04. The number of para-hydroxylation sites is 1. The van der Waals surface area contributed by atoms with Gasteiger partial charge in [-0.15, -0.1) is 0 Å². The number of amides is 2. The second-order valence-electron chi connectivity index (χ2n) is 4.49. The Morgan fingerprint density at radius 3 is 2.61 bits per heavy atom. The SMILES string of the molecule is Nc1ccccc1CC(=O)NCC(=O)NC1CC1. The van der Waals surface area contributed by atoms with Crippen molar-refractivity contribution in [1.82, 2.24) is 10.6 Å². The molecule has 0 radical (unpaired) electrons. The molecule has 2 rings (SSSR count). The second kappa shape index (κ2) is 5.53. The molecule has 0 atom stereocenters. The highest BCUT2D eigenvalue weighted by Gasteiger charge is 2.23. The summed E-state index contributed by atoms with van der Waals surface area (Å²) in [7, 11) is 0. The molecule has 0 heterocycles. The van der Waals surface area contributed by atoms with Crippen molar-refractivity contribution < 1.29 is 9.59 Å². The molecular weight excluding hydrogens is 230 g/mol. The maximum Gasteiger partial charge on any atom is 0.239 e. The van der Waals surface area contributed by atoms with E-state index in [2.05, 4.69) is 10.6 Å². The number of benzene rings is 1. The van der Waals surface area contributed by atoms with Crippen molar-refractivity contribution in [3.8, 4) is 0 Å². The van der Waals surface area contributed by atoms with Gasteiger partial charge in [-0.3, -0.25) is 9.59 Å². The minimum absolute atomic E-state index is 0.0298. The topological polar surface area (TPSA) is 84.2 Å². The molecule has 2 amide bonds. The maximum atomic E-state index is 11.6. The molecule has 5 heteroatoms. The van der Waals surface area contributed by atoms with Gasteiger partial charge >= 0.3 is 0 Å². The molecule has 5 nitrogen and oxygen atoms in total. The van der Waals surface area contributed by atoms with E-state index >= 15 is 0 Å². The average Bonchev–Trinajstić information content (AvgIpc) is 3.13. The van der Waals surface area contributed by atoms with Gasteiger partial charge in [0.05, 0.1) is 13.0 Å². The Morgan fingerprint density at radius 2 is 1.94 bits per heavy atom. The van der Waals surface area contributed by atoms with Gasteiger partial charge in [-0.05, 0) is 24.5 Å². The summed E-state index contributed by atoms with van der Waals surface area (Å²) >= 11 is 0. The van der Waals surface area contributed by atoms with Gasteiger partial charge in [0, 0.05) is 11.7 Å². The van der Waals surface area contributed by atoms with Crippen LogP contribution < -0.4 is 16.4 Å². The summed E-state index contributed by atoms with van der Waals surface area (Å²) in [6.07, 6.45) is 2.28. The number of carbonyl (C=O) groups excluding carboxylic acids is 2. The number of rotatable bonds is 5. The van der Waals surface area contributed by atoms with Gasteiger partial charge in [-0.1, -0.05) is 18.2 Å². The van der Waals surface area contributed by atoms with Gasteiger partial charge in [-0.2, -0.15) is 0 Å². The van der Waals surface area contributed by atoms with E-state index < -0.39 is 0 Å². The van der Waals surface area contributed by atoms with Crippen LogP contribution in [0.1, 0.15) is 18.4 Å². The Bertz CT molecular complexity index is 455. The minimum atomic E-state index is -0.196. The molecule has 1 aromatic rings. The van der Waals surface area contributed by atoms with Crippen LogP contribution in [-0.2, 0) is 16.0 Å². The van der Waals surface area contributed by atoms with E-state index in [0.29, 0.717) is 11.7 Å². The number of hydrogen-bond acceptors (Lipinski definition) is 3. The largest absolute Gasteiger partial charge is 0.398 e. The molecule has 0 aliphatic heterocycles. The second-order valence-corrected chi connectivity index (χ2v) is 4.49. The summed E-state index contributed by atoms with van der Waals surface area (Å²) in [5.74, 6) is -0.328. The monoisotopic (exact) mass is 247 g/mol. The van der Waals surface area contributed by atoms with Crippen LogP contribution in [0.4, 0.5) is 5.69 Å². The van der Waals surface area contributed by atoms with Gasteiger partial charge in [0.2, 0.25) is 11.8 Å². The standard InChI is InChI=1S/C13H17N3O2/c14-11-4-2-1-3-9(11)7-12(17)15-8-13(18)16-10-5-6-10/h1-4,10H,5-8,14H2,(H,15,17)(H,16,18). The van der Waals surface area contributed by atoms with Crippen LogP contribution in [0.2, 0.25) is 0 Å². The third-order valence-corrected chi connectivity index (χ3v) is 2.79. The molecule has 18 heavy (non-hydrogen) atoms. The molecule has 4 N–H and O–H groups in total. The Balaban J connectivity index is 1.74. The molecule has 1 aromatic carbocycles. The first-order valence-electron chi connectivity index (χ1n) is 6.04. The van der Waals surface area contributed by atoms with Crippen molar-refractivity contribution in [3.63, 3.8) is 0 Å². The zero-order valence-corrected chi connectivity index (χ0v) is 10.1. The zero-order valence-electron chi connectivity index (χ0n) is 10.1. The lowest BCUT2D eigenvalue weighted by Crippen LogP contribution is -2.38. The van der Waals surface area contributed by atoms with Gasteiger partial charge in [-0.25, -0.2) is 0 Å². The van der Waals surface area contributed by atoms with E-state index in [4.69, 9.17) is 5.73 Å². The normalized spacial score (nSPS) is 14.0. The molecule has 1 aliphatic rings. The van der Waals surface area contributed by atoms with Crippen LogP contribution in [0.5, 0.6) is 0 Å². The minimum Gasteiger partial charge on any atom is -0.398 e. The summed E-state index contributed by atoms with van der Waals surface area (Å²) in [4.78, 5) is 23.0. The Hall–Kier alpha value is -2.04. The number of hydrogen-bond donors (Lipinski definition) is 3. The summed E-state index contributed by atoms with van der Waals surface area (Å²) < 4.78 is 0. The van der Waals surface area contributed by atoms with Crippen LogP contribution in [-0.4, -0.2) is 24.4 Å². The summed E-state index contributed by atoms with van der Waals surface area (Å²) in [5.41, 5.74) is 7.11. The van der Waals surface area contributed by atoms with Gasteiger partial charge < -0.3 is 16.4 Å². The first-order chi connectivity index (χ1) is 8.65. The summed E-state index contributed by atoms with van der Waals surface area (Å²) in [6.45, 7) is 0.0298. The van der Waals surface area contributed by atoms with E-state index in [9.17, 15) is 9.59 Å². The lowest BCUT2D eigenvalue weighted by atomic mass is 10.1. The van der Waals surface area contributed by atoms with E-state index in [-0.39, 0.29) is 24.8 Å². The fraction of sp³-hybridized carbons (Fsp3) is 0.385. The van der Waals surface area contributed by atoms with E-state index in [0.717, 1.165) is 18.4 Å². The van der Waals surface area contributed by atoms with Crippen molar-refractivity contribution in [1.29, 1.82) is 0 Å². The molecule has 1 aliphatic carbocycles. The third kappa shape index (κ3) is 3.76. The lowest BCUT2D eigenvalue weighted by Gasteiger charge is -2.07. The number of nitrogens with two attached hydrogens (primary N) is 1. The van der Waals surface area contributed by atoms with Crippen LogP contribution >= 0.6 is 0 Å². The molecule has 0 aromatic heterocycles. The van der Waals surface area contributed by atoms with Gasteiger partial charge in [0.1, 0.15) is 0 Å². The molecule has 96 valence electrons. The molecule has 0 unspecified atom stereocenters. The van der Waals surface area contributed by atoms with E-state index in [1.165, 1.54) is 0 Å². The molecule has 0 spiro atoms. The highest BCUT2D eigenvalue weighted by Crippen LogP contribution is 2.18. The van der Waals surface area contributed by atoms with Crippen LogP contribution in [0.3, 0.4) is 0 Å². The molecule has 1 saturated carbocycles. The Morgan fingerprint density at radius 1 is 1.22 bits per heavy atom. The Kier molecular flexibility index (Phi) is 3.82. The van der Waals surface area contributed by atoms with Crippen molar-refractivity contribution >= 4 is 17.5 Å². The smallest absolute Gasteiger partial charge is 0.239 e. The molecular formula is C13H17N3O2. The highest BCUT2D eigenvalue weighted by molar-refractivity contribution is 5.86. The predicted octanol–water partition coefficient (Wildman–Crippen LogP) is 0.206. The number of anilines is 1. The van der Waals surface area contributed by atoms with Crippen molar-refractivity contribution in [2.45, 2.75) is 25.3 Å². The van der Waals surface area contributed by atoms with E-state index in [1.807, 2.05) is 12.1 Å². The average molecular weight is 247 g/mol. The van der Waals surface area contributed by atoms with Crippen molar-refractivity contribution in [3.05, 3.63) is 29.8 Å². The quantitative estimate of drug-likeness (QED) is 0.650. The number of carbonyl (C=O) groups is 2. The van der Waals surface area contributed by atoms with Crippen molar-refractivity contribution in [2.75, 3.05) is 12.3 Å². The zero-order chi connectivity index (χ0) is 13.0. The fourth-order valence-corrected chi connectivity index (χ4v) is 1.62. The Labute approximate surface area is 106 Å². The van der Waals surface area contributed by atoms with Gasteiger partial charge in [0.15, 0.2) is 0 Å². The maximum absolute atomic E-state index is 11.6. The molecule has 1 fully saturated rings. The highest BCUT2D eigenvalue weighted by atomic mass is 16.2. The molecule has 0 bridgehead atoms. The van der Waals surface area contributed by atoms with Crippen molar-refractivity contribution in [2.24, 2.45) is 0 Å². The summed E-state index contributed by atoms with van der Waals surface area (Å²) in [5, 5.41) is 5.39. The number of nitrogens with one attached hydrogen (secondary N) is 2. The number of nitrogen functional groups attached to an aromatic ring is 1. The predicted molar refractivity (Wildman–Crippen MR) is 68.7 cm³/mol. The lowest BCUT2D eigenvalue weighted by molar-refractivity contribution is -0.125. The van der Waals surface area contributed by atoms with Crippen LogP contribution in [0.15, 0.2) is 24.3 Å². The first kappa shape index (κ1) is 12.4. The van der Waals surface area contributed by atoms with E-state index in [1.54, 1.807) is 12.1 Å².